The Morgan fingerprint density at radius 1 is 1.33 bits per heavy atom. The Hall–Kier alpha value is -0.800. The first-order valence-electron chi connectivity index (χ1n) is 6.91. The highest BCUT2D eigenvalue weighted by atomic mass is 16.3. The van der Waals surface area contributed by atoms with Crippen LogP contribution in [0.2, 0.25) is 0 Å². The van der Waals surface area contributed by atoms with E-state index in [-0.39, 0.29) is 0 Å². The van der Waals surface area contributed by atoms with Gasteiger partial charge in [0.05, 0.1) is 0 Å². The summed E-state index contributed by atoms with van der Waals surface area (Å²) >= 11 is 0. The molecule has 0 saturated heterocycles. The van der Waals surface area contributed by atoms with Crippen molar-refractivity contribution in [1.29, 1.82) is 0 Å². The number of aryl methyl sites for hydroxylation is 1. The Balaban J connectivity index is 2.33. The summed E-state index contributed by atoms with van der Waals surface area (Å²) in [6.45, 7) is 9.87. The van der Waals surface area contributed by atoms with E-state index in [2.05, 4.69) is 37.2 Å². The van der Waals surface area contributed by atoms with Gasteiger partial charge in [-0.2, -0.15) is 0 Å². The second kappa shape index (κ2) is 7.59. The topological polar surface area (TPSA) is 28.4 Å². The molecule has 18 heavy (non-hydrogen) atoms. The molecule has 1 atom stereocenters. The molecule has 1 unspecified atom stereocenters. The second-order valence-electron chi connectivity index (χ2n) is 5.59. The molecule has 0 saturated carbocycles. The fraction of sp³-hybridized carbons (Fsp3) is 0.733. The van der Waals surface area contributed by atoms with Crippen LogP contribution in [-0.2, 0) is 6.42 Å². The molecule has 3 nitrogen and oxygen atoms in total. The summed E-state index contributed by atoms with van der Waals surface area (Å²) in [5.41, 5.74) is 0. The van der Waals surface area contributed by atoms with Crippen LogP contribution >= 0.6 is 0 Å². The molecule has 1 heterocycles. The highest BCUT2D eigenvalue weighted by molar-refractivity contribution is 5.05. The van der Waals surface area contributed by atoms with E-state index >= 15 is 0 Å². The molecule has 0 aromatic carbocycles. The van der Waals surface area contributed by atoms with Gasteiger partial charge in [-0.15, -0.1) is 0 Å². The molecule has 0 aliphatic rings. The summed E-state index contributed by atoms with van der Waals surface area (Å²) < 4.78 is 5.59. The minimum Gasteiger partial charge on any atom is -0.466 e. The molecule has 1 aromatic heterocycles. The van der Waals surface area contributed by atoms with Gasteiger partial charge in [-0.3, -0.25) is 0 Å². The van der Waals surface area contributed by atoms with Crippen LogP contribution in [0.4, 0.5) is 0 Å². The van der Waals surface area contributed by atoms with Gasteiger partial charge in [0.25, 0.3) is 0 Å². The number of nitrogens with one attached hydrogen (secondary N) is 1. The van der Waals surface area contributed by atoms with Gasteiger partial charge in [0.2, 0.25) is 0 Å². The largest absolute Gasteiger partial charge is 0.466 e. The summed E-state index contributed by atoms with van der Waals surface area (Å²) in [5, 5.41) is 3.29. The molecular weight excluding hydrogens is 224 g/mol. The number of hydrogen-bond donors (Lipinski definition) is 1. The van der Waals surface area contributed by atoms with Crippen LogP contribution < -0.4 is 5.32 Å². The maximum Gasteiger partial charge on any atom is 0.105 e. The smallest absolute Gasteiger partial charge is 0.105 e. The van der Waals surface area contributed by atoms with Crippen molar-refractivity contribution < 1.29 is 4.42 Å². The zero-order chi connectivity index (χ0) is 13.5. The van der Waals surface area contributed by atoms with Crippen LogP contribution in [0, 0.1) is 18.8 Å². The van der Waals surface area contributed by atoms with Crippen molar-refractivity contribution in [3.8, 4) is 0 Å². The Bertz CT molecular complexity index is 333. The summed E-state index contributed by atoms with van der Waals surface area (Å²) in [5.74, 6) is 3.51. The van der Waals surface area contributed by atoms with Crippen LogP contribution in [0.3, 0.4) is 0 Å². The van der Waals surface area contributed by atoms with Crippen molar-refractivity contribution >= 4 is 0 Å². The summed E-state index contributed by atoms with van der Waals surface area (Å²) in [4.78, 5) is 2.40. The number of nitrogens with zero attached hydrogens (tertiary/aromatic N) is 1. The van der Waals surface area contributed by atoms with E-state index in [1.165, 1.54) is 0 Å². The lowest BCUT2D eigenvalue weighted by atomic mass is 9.95. The predicted octanol–water partition coefficient (Wildman–Crippen LogP) is 2.55. The summed E-state index contributed by atoms with van der Waals surface area (Å²) in [6, 6.07) is 4.12. The minimum absolute atomic E-state index is 0.707. The van der Waals surface area contributed by atoms with Gasteiger partial charge in [-0.25, -0.2) is 0 Å². The average molecular weight is 252 g/mol. The molecule has 1 rings (SSSR count). The molecular formula is C15H28N2O. The third-order valence-corrected chi connectivity index (χ3v) is 3.49. The first-order chi connectivity index (χ1) is 8.52. The third-order valence-electron chi connectivity index (χ3n) is 3.49. The molecule has 1 aromatic rings. The van der Waals surface area contributed by atoms with Gasteiger partial charge in [0.15, 0.2) is 0 Å². The highest BCUT2D eigenvalue weighted by Gasteiger charge is 2.15. The molecule has 0 spiro atoms. The van der Waals surface area contributed by atoms with Gasteiger partial charge in [-0.05, 0) is 51.5 Å². The molecule has 0 aliphatic heterocycles. The maximum absolute atomic E-state index is 5.59. The zero-order valence-corrected chi connectivity index (χ0v) is 12.5. The fourth-order valence-corrected chi connectivity index (χ4v) is 2.19. The van der Waals surface area contributed by atoms with E-state index in [1.807, 2.05) is 20.0 Å². The SMILES string of the molecule is CNCC(CN(C)CCc1ccc(C)o1)C(C)C. The van der Waals surface area contributed by atoms with E-state index in [0.29, 0.717) is 11.8 Å². The number of likely N-dealkylation sites (N-methyl/N-ethyl adjacent to an activating group) is 1. The van der Waals surface area contributed by atoms with Crippen molar-refractivity contribution in [2.75, 3.05) is 33.7 Å². The second-order valence-corrected chi connectivity index (χ2v) is 5.59. The Kier molecular flexibility index (Phi) is 6.44. The van der Waals surface area contributed by atoms with Crippen molar-refractivity contribution in [3.05, 3.63) is 23.7 Å². The van der Waals surface area contributed by atoms with Crippen molar-refractivity contribution in [2.24, 2.45) is 11.8 Å². The normalized spacial score (nSPS) is 13.5. The molecule has 0 bridgehead atoms. The third kappa shape index (κ3) is 5.23. The van der Waals surface area contributed by atoms with E-state index in [0.717, 1.165) is 37.6 Å². The lowest BCUT2D eigenvalue weighted by Gasteiger charge is -2.26. The van der Waals surface area contributed by atoms with Crippen LogP contribution in [-0.4, -0.2) is 38.6 Å². The predicted molar refractivity (Wildman–Crippen MR) is 76.9 cm³/mol. The first kappa shape index (κ1) is 15.3. The molecule has 0 amide bonds. The van der Waals surface area contributed by atoms with Crippen molar-refractivity contribution in [1.82, 2.24) is 10.2 Å². The number of furan rings is 1. The average Bonchev–Trinajstić information content (AvgIpc) is 2.72. The van der Waals surface area contributed by atoms with Gasteiger partial charge in [-0.1, -0.05) is 13.8 Å². The van der Waals surface area contributed by atoms with Crippen LogP contribution in [0.1, 0.15) is 25.4 Å². The zero-order valence-electron chi connectivity index (χ0n) is 12.5. The van der Waals surface area contributed by atoms with Gasteiger partial charge in [0, 0.05) is 19.5 Å². The monoisotopic (exact) mass is 252 g/mol. The Morgan fingerprint density at radius 2 is 2.06 bits per heavy atom. The number of rotatable bonds is 8. The fourth-order valence-electron chi connectivity index (χ4n) is 2.19. The lowest BCUT2D eigenvalue weighted by Crippen LogP contribution is -2.35. The first-order valence-corrected chi connectivity index (χ1v) is 6.91. The maximum atomic E-state index is 5.59. The van der Waals surface area contributed by atoms with Crippen molar-refractivity contribution in [3.63, 3.8) is 0 Å². The lowest BCUT2D eigenvalue weighted by molar-refractivity contribution is 0.231. The Labute approximate surface area is 112 Å². The molecule has 3 heteroatoms. The van der Waals surface area contributed by atoms with E-state index in [1.54, 1.807) is 0 Å². The molecule has 0 aliphatic carbocycles. The highest BCUT2D eigenvalue weighted by Crippen LogP contribution is 2.12. The molecule has 1 N–H and O–H groups in total. The van der Waals surface area contributed by atoms with Gasteiger partial charge in [0.1, 0.15) is 11.5 Å². The molecule has 0 radical (unpaired) electrons. The summed E-state index contributed by atoms with van der Waals surface area (Å²) in [6.07, 6.45) is 0.995. The van der Waals surface area contributed by atoms with E-state index < -0.39 is 0 Å². The molecule has 104 valence electrons. The molecule has 0 fully saturated rings. The van der Waals surface area contributed by atoms with Crippen LogP contribution in [0.15, 0.2) is 16.5 Å². The standard InChI is InChI=1S/C15H28N2O/c1-12(2)14(10-16-4)11-17(5)9-8-15-7-6-13(3)18-15/h6-7,12,14,16H,8-11H2,1-5H3. The van der Waals surface area contributed by atoms with Crippen molar-refractivity contribution in [2.45, 2.75) is 27.2 Å². The van der Waals surface area contributed by atoms with Gasteiger partial charge < -0.3 is 14.6 Å². The van der Waals surface area contributed by atoms with Gasteiger partial charge >= 0.3 is 0 Å². The minimum atomic E-state index is 0.707. The van der Waals surface area contributed by atoms with Crippen LogP contribution in [0.5, 0.6) is 0 Å². The Morgan fingerprint density at radius 3 is 2.56 bits per heavy atom. The van der Waals surface area contributed by atoms with Crippen LogP contribution in [0.25, 0.3) is 0 Å². The van der Waals surface area contributed by atoms with E-state index in [9.17, 15) is 0 Å². The van der Waals surface area contributed by atoms with E-state index in [4.69, 9.17) is 4.42 Å². The number of hydrogen-bond acceptors (Lipinski definition) is 3. The quantitative estimate of drug-likeness (QED) is 0.771. The summed E-state index contributed by atoms with van der Waals surface area (Å²) in [7, 11) is 4.22.